The summed E-state index contributed by atoms with van der Waals surface area (Å²) >= 11 is 0. The van der Waals surface area contributed by atoms with Crippen molar-refractivity contribution in [3.8, 4) is 0 Å². The van der Waals surface area contributed by atoms with Crippen LogP contribution >= 0.6 is 0 Å². The standard InChI is InChI=1S/C16H30N8O/c1-11(2)12-17-21-24(19-12)16(8,9)25-10-15(6,7)13-18-20-22-23(13)14(3,4)5/h11H,10H2,1-9H3. The van der Waals surface area contributed by atoms with Gasteiger partial charge in [0.05, 0.1) is 12.1 Å². The highest BCUT2D eigenvalue weighted by Crippen LogP contribution is 2.28. The van der Waals surface area contributed by atoms with Gasteiger partial charge in [-0.25, -0.2) is 4.68 Å². The second kappa shape index (κ2) is 6.44. The Morgan fingerprint density at radius 2 is 1.60 bits per heavy atom. The molecule has 0 saturated heterocycles. The molecule has 0 aliphatic heterocycles. The Bertz CT molecular complexity index is 708. The molecule has 2 rings (SSSR count). The van der Waals surface area contributed by atoms with Crippen molar-refractivity contribution in [1.82, 2.24) is 40.4 Å². The molecule has 25 heavy (non-hydrogen) atoms. The van der Waals surface area contributed by atoms with Gasteiger partial charge in [0.2, 0.25) is 0 Å². The lowest BCUT2D eigenvalue weighted by Gasteiger charge is -2.32. The van der Waals surface area contributed by atoms with Crippen LogP contribution in [0.1, 0.15) is 79.9 Å². The summed E-state index contributed by atoms with van der Waals surface area (Å²) in [6, 6.07) is 0. The van der Waals surface area contributed by atoms with E-state index < -0.39 is 5.72 Å². The van der Waals surface area contributed by atoms with Gasteiger partial charge in [0, 0.05) is 11.3 Å². The summed E-state index contributed by atoms with van der Waals surface area (Å²) in [6.07, 6.45) is 0. The monoisotopic (exact) mass is 350 g/mol. The van der Waals surface area contributed by atoms with Crippen LogP contribution < -0.4 is 0 Å². The highest BCUT2D eigenvalue weighted by atomic mass is 16.5. The summed E-state index contributed by atoms with van der Waals surface area (Å²) in [4.78, 5) is 1.52. The maximum atomic E-state index is 6.15. The number of nitrogens with zero attached hydrogens (tertiary/aromatic N) is 8. The molecule has 0 radical (unpaired) electrons. The number of aromatic nitrogens is 8. The quantitative estimate of drug-likeness (QED) is 0.788. The van der Waals surface area contributed by atoms with E-state index in [1.807, 2.05) is 32.4 Å². The van der Waals surface area contributed by atoms with E-state index in [0.29, 0.717) is 12.4 Å². The Hall–Kier alpha value is -1.90. The molecule has 9 nitrogen and oxygen atoms in total. The fourth-order valence-corrected chi connectivity index (χ4v) is 2.22. The van der Waals surface area contributed by atoms with Crippen molar-refractivity contribution < 1.29 is 4.74 Å². The summed E-state index contributed by atoms with van der Waals surface area (Å²) in [5.74, 6) is 1.70. The zero-order chi connectivity index (χ0) is 19.0. The lowest BCUT2D eigenvalue weighted by molar-refractivity contribution is -0.112. The third-order valence-corrected chi connectivity index (χ3v) is 3.92. The van der Waals surface area contributed by atoms with Crippen molar-refractivity contribution in [3.05, 3.63) is 11.6 Å². The summed E-state index contributed by atoms with van der Waals surface area (Å²) in [5.41, 5.74) is -1.31. The first-order chi connectivity index (χ1) is 11.3. The Balaban J connectivity index is 2.17. The van der Waals surface area contributed by atoms with E-state index in [0.717, 1.165) is 5.82 Å². The van der Waals surface area contributed by atoms with Gasteiger partial charge < -0.3 is 4.74 Å². The van der Waals surface area contributed by atoms with E-state index >= 15 is 0 Å². The van der Waals surface area contributed by atoms with Gasteiger partial charge in [-0.1, -0.05) is 27.7 Å². The third-order valence-electron chi connectivity index (χ3n) is 3.92. The van der Waals surface area contributed by atoms with Crippen LogP contribution in [0.15, 0.2) is 0 Å². The van der Waals surface area contributed by atoms with Gasteiger partial charge >= 0.3 is 0 Å². The van der Waals surface area contributed by atoms with Crippen molar-refractivity contribution >= 4 is 0 Å². The largest absolute Gasteiger partial charge is 0.351 e. The lowest BCUT2D eigenvalue weighted by Crippen LogP contribution is -2.40. The summed E-state index contributed by atoms with van der Waals surface area (Å²) in [7, 11) is 0. The molecule has 9 heteroatoms. The fraction of sp³-hybridized carbons (Fsp3) is 0.875. The van der Waals surface area contributed by atoms with Gasteiger partial charge in [-0.3, -0.25) is 0 Å². The first-order valence-corrected chi connectivity index (χ1v) is 8.58. The normalized spacial score (nSPS) is 13.7. The van der Waals surface area contributed by atoms with Gasteiger partial charge in [-0.2, -0.15) is 0 Å². The van der Waals surface area contributed by atoms with Crippen molar-refractivity contribution in [1.29, 1.82) is 0 Å². The first-order valence-electron chi connectivity index (χ1n) is 8.58. The van der Waals surface area contributed by atoms with Gasteiger partial charge in [0.25, 0.3) is 0 Å². The maximum absolute atomic E-state index is 6.15. The minimum Gasteiger partial charge on any atom is -0.351 e. The molecule has 0 bridgehead atoms. The zero-order valence-electron chi connectivity index (χ0n) is 16.8. The topological polar surface area (TPSA) is 96.4 Å². The number of rotatable bonds is 6. The average Bonchev–Trinajstić information content (AvgIpc) is 3.14. The minimum absolute atomic E-state index is 0.203. The Kier molecular flexibility index (Phi) is 5.00. The van der Waals surface area contributed by atoms with Crippen molar-refractivity contribution in [3.63, 3.8) is 0 Å². The van der Waals surface area contributed by atoms with Crippen molar-refractivity contribution in [2.45, 2.75) is 84.9 Å². The van der Waals surface area contributed by atoms with Crippen LogP contribution in [0.3, 0.4) is 0 Å². The van der Waals surface area contributed by atoms with E-state index in [1.165, 1.54) is 4.80 Å². The van der Waals surface area contributed by atoms with E-state index in [1.54, 1.807) is 0 Å². The Labute approximate surface area is 149 Å². The molecule has 0 N–H and O–H groups in total. The maximum Gasteiger partial charge on any atom is 0.177 e. The molecular weight excluding hydrogens is 320 g/mol. The van der Waals surface area contributed by atoms with Crippen molar-refractivity contribution in [2.24, 2.45) is 0 Å². The van der Waals surface area contributed by atoms with E-state index in [2.05, 4.69) is 65.6 Å². The van der Waals surface area contributed by atoms with Crippen LogP contribution in [0, 0.1) is 0 Å². The van der Waals surface area contributed by atoms with Crippen LogP contribution in [0.25, 0.3) is 0 Å². The van der Waals surface area contributed by atoms with Crippen LogP contribution in [0.2, 0.25) is 0 Å². The van der Waals surface area contributed by atoms with Crippen LogP contribution in [-0.4, -0.2) is 47.0 Å². The van der Waals surface area contributed by atoms with Crippen LogP contribution in [-0.2, 0) is 21.4 Å². The molecule has 0 aromatic carbocycles. The molecule has 2 aromatic heterocycles. The number of hydrogen-bond donors (Lipinski definition) is 0. The highest BCUT2D eigenvalue weighted by Gasteiger charge is 2.35. The van der Waals surface area contributed by atoms with Gasteiger partial charge in [-0.15, -0.1) is 20.1 Å². The second-order valence-corrected chi connectivity index (χ2v) is 8.80. The molecule has 0 amide bonds. The highest BCUT2D eigenvalue weighted by molar-refractivity contribution is 5.04. The predicted molar refractivity (Wildman–Crippen MR) is 93.0 cm³/mol. The van der Waals surface area contributed by atoms with E-state index in [-0.39, 0.29) is 16.9 Å². The van der Waals surface area contributed by atoms with Crippen molar-refractivity contribution in [2.75, 3.05) is 6.61 Å². The molecule has 0 aliphatic rings. The van der Waals surface area contributed by atoms with Crippen LogP contribution in [0.5, 0.6) is 0 Å². The molecule has 2 heterocycles. The smallest absolute Gasteiger partial charge is 0.177 e. The molecular formula is C16H30N8O. The number of ether oxygens (including phenoxy) is 1. The third kappa shape index (κ3) is 4.20. The molecule has 0 saturated carbocycles. The lowest BCUT2D eigenvalue weighted by atomic mass is 9.92. The molecule has 0 spiro atoms. The fourth-order valence-electron chi connectivity index (χ4n) is 2.22. The predicted octanol–water partition coefficient (Wildman–Crippen LogP) is 2.22. The summed E-state index contributed by atoms with van der Waals surface area (Å²) in [6.45, 7) is 18.6. The Morgan fingerprint density at radius 1 is 0.960 bits per heavy atom. The molecule has 0 atom stereocenters. The molecule has 0 aliphatic carbocycles. The summed E-state index contributed by atoms with van der Waals surface area (Å²) in [5, 5.41) is 24.9. The average molecular weight is 350 g/mol. The van der Waals surface area contributed by atoms with Gasteiger partial charge in [0.15, 0.2) is 17.4 Å². The van der Waals surface area contributed by atoms with Gasteiger partial charge in [-0.05, 0) is 50.3 Å². The SMILES string of the molecule is CC(C)c1nnn(C(C)(C)OCC(C)(C)c2nnnn2C(C)(C)C)n1. The zero-order valence-corrected chi connectivity index (χ0v) is 16.8. The molecule has 0 unspecified atom stereocenters. The molecule has 2 aromatic rings. The summed E-state index contributed by atoms with van der Waals surface area (Å²) < 4.78 is 8.00. The van der Waals surface area contributed by atoms with E-state index in [9.17, 15) is 0 Å². The van der Waals surface area contributed by atoms with E-state index in [4.69, 9.17) is 4.74 Å². The first kappa shape index (κ1) is 19.4. The van der Waals surface area contributed by atoms with Gasteiger partial charge in [0.1, 0.15) is 0 Å². The van der Waals surface area contributed by atoms with Crippen LogP contribution in [0.4, 0.5) is 0 Å². The molecule has 0 fully saturated rings. The minimum atomic E-state index is -0.725. The number of tetrazole rings is 2. The number of hydrogen-bond acceptors (Lipinski definition) is 7. The second-order valence-electron chi connectivity index (χ2n) is 8.80. The Morgan fingerprint density at radius 3 is 2.12 bits per heavy atom. The molecule has 140 valence electrons.